The molecule has 5 nitrogen and oxygen atoms in total. The summed E-state index contributed by atoms with van der Waals surface area (Å²) in [6, 6.07) is 6.46. The van der Waals surface area contributed by atoms with Gasteiger partial charge in [-0.25, -0.2) is 10.2 Å². The van der Waals surface area contributed by atoms with Crippen LogP contribution < -0.4 is 11.2 Å². The Hall–Kier alpha value is -2.37. The first-order valence-corrected chi connectivity index (χ1v) is 5.05. The lowest BCUT2D eigenvalue weighted by molar-refractivity contribution is 0.106. The molecule has 3 N–H and O–H groups in total. The monoisotopic (exact) mass is 227 g/mol. The molecule has 0 bridgehead atoms. The summed E-state index contributed by atoms with van der Waals surface area (Å²) in [6.07, 6.45) is 1.63. The first-order chi connectivity index (χ1) is 8.09. The number of hydrogen-bond acceptors (Lipinski definition) is 3. The van der Waals surface area contributed by atoms with E-state index in [1.165, 1.54) is 0 Å². The number of nitrogens with one attached hydrogen (secondary N) is 1. The number of urea groups is 1. The molecule has 2 rings (SSSR count). The molecule has 0 aromatic heterocycles. The number of allylic oxidation sites excluding steroid dienone is 1. The van der Waals surface area contributed by atoms with Gasteiger partial charge in [-0.05, 0) is 11.6 Å². The van der Waals surface area contributed by atoms with Crippen LogP contribution in [-0.2, 0) is 0 Å². The average Bonchev–Trinajstić information content (AvgIpc) is 2.32. The number of benzene rings is 1. The van der Waals surface area contributed by atoms with Gasteiger partial charge in [-0.15, -0.1) is 0 Å². The zero-order valence-corrected chi connectivity index (χ0v) is 9.23. The average molecular weight is 227 g/mol. The van der Waals surface area contributed by atoms with Crippen molar-refractivity contribution in [1.29, 1.82) is 0 Å². The standard InChI is InChI=1S/C11H10BN3O2/c12-8-5-9(14-15-11(13)17)10(16)7-4-2-1-3-6(7)8/h1-5H,12H2,(H3,13,15,17)/b14-9+. The second-order valence-electron chi connectivity index (χ2n) is 3.68. The molecule has 17 heavy (non-hydrogen) atoms. The number of hydrazone groups is 1. The van der Waals surface area contributed by atoms with Gasteiger partial charge in [0.05, 0.1) is 0 Å². The predicted molar refractivity (Wildman–Crippen MR) is 67.4 cm³/mol. The molecule has 0 saturated carbocycles. The van der Waals surface area contributed by atoms with Gasteiger partial charge in [-0.3, -0.25) is 4.79 Å². The van der Waals surface area contributed by atoms with Crippen LogP contribution in [0.3, 0.4) is 0 Å². The highest BCUT2D eigenvalue weighted by Crippen LogP contribution is 2.22. The molecular formula is C11H10BN3O2. The van der Waals surface area contributed by atoms with Gasteiger partial charge in [0.2, 0.25) is 5.78 Å². The predicted octanol–water partition coefficient (Wildman–Crippen LogP) is -0.119. The number of ketones is 1. The Kier molecular flexibility index (Phi) is 2.78. The van der Waals surface area contributed by atoms with Crippen molar-refractivity contribution in [3.8, 4) is 0 Å². The van der Waals surface area contributed by atoms with E-state index >= 15 is 0 Å². The summed E-state index contributed by atoms with van der Waals surface area (Å²) in [5.74, 6) is -0.222. The third-order valence-corrected chi connectivity index (χ3v) is 2.47. The molecule has 0 aliphatic heterocycles. The fourth-order valence-electron chi connectivity index (χ4n) is 1.71. The number of nitrogens with two attached hydrogens (primary N) is 1. The molecule has 0 radical (unpaired) electrons. The molecule has 0 spiro atoms. The third kappa shape index (κ3) is 2.10. The van der Waals surface area contributed by atoms with Gasteiger partial charge >= 0.3 is 6.03 Å². The van der Waals surface area contributed by atoms with Crippen molar-refractivity contribution in [2.45, 2.75) is 0 Å². The Balaban J connectivity index is 2.45. The van der Waals surface area contributed by atoms with Crippen molar-refractivity contribution in [2.24, 2.45) is 10.8 Å². The molecule has 1 aliphatic carbocycles. The number of hydrogen-bond donors (Lipinski definition) is 2. The Morgan fingerprint density at radius 3 is 2.59 bits per heavy atom. The van der Waals surface area contributed by atoms with E-state index in [1.807, 2.05) is 20.0 Å². The van der Waals surface area contributed by atoms with Crippen LogP contribution in [0.5, 0.6) is 0 Å². The maximum absolute atomic E-state index is 12.0. The van der Waals surface area contributed by atoms with Gasteiger partial charge in [0.15, 0.2) is 0 Å². The Bertz CT molecular complexity index is 564. The SMILES string of the molecule is BC1=C/C(=N\NC(N)=O)C(=O)c2ccccc21. The lowest BCUT2D eigenvalue weighted by Gasteiger charge is -2.14. The van der Waals surface area contributed by atoms with E-state index < -0.39 is 6.03 Å². The summed E-state index contributed by atoms with van der Waals surface area (Å²) in [5, 5.41) is 3.68. The van der Waals surface area contributed by atoms with Crippen molar-refractivity contribution in [3.63, 3.8) is 0 Å². The van der Waals surface area contributed by atoms with Gasteiger partial charge in [0.1, 0.15) is 13.6 Å². The van der Waals surface area contributed by atoms with Crippen molar-refractivity contribution < 1.29 is 9.59 Å². The van der Waals surface area contributed by atoms with E-state index in [2.05, 4.69) is 10.5 Å². The topological polar surface area (TPSA) is 84.5 Å². The molecule has 0 heterocycles. The van der Waals surface area contributed by atoms with E-state index in [4.69, 9.17) is 5.73 Å². The zero-order chi connectivity index (χ0) is 12.4. The van der Waals surface area contributed by atoms with Crippen LogP contribution in [0.15, 0.2) is 35.4 Å². The lowest BCUT2D eigenvalue weighted by atomic mass is 9.79. The van der Waals surface area contributed by atoms with Crippen LogP contribution in [0.4, 0.5) is 4.79 Å². The summed E-state index contributed by atoms with van der Waals surface area (Å²) in [5.41, 5.74) is 9.52. The molecule has 6 heteroatoms. The van der Waals surface area contributed by atoms with Crippen LogP contribution in [0, 0.1) is 0 Å². The Morgan fingerprint density at radius 1 is 1.29 bits per heavy atom. The summed E-state index contributed by atoms with van der Waals surface area (Å²) in [7, 11) is 1.88. The molecular weight excluding hydrogens is 217 g/mol. The number of carbonyl (C=O) groups excluding carboxylic acids is 2. The van der Waals surface area contributed by atoms with Crippen molar-refractivity contribution in [1.82, 2.24) is 5.43 Å². The van der Waals surface area contributed by atoms with Crippen LogP contribution >= 0.6 is 0 Å². The molecule has 1 aromatic rings. The Morgan fingerprint density at radius 2 is 1.94 bits per heavy atom. The number of nitrogens with zero attached hydrogens (tertiary/aromatic N) is 1. The van der Waals surface area contributed by atoms with E-state index in [1.54, 1.807) is 18.2 Å². The number of rotatable bonds is 1. The molecule has 0 unspecified atom stereocenters. The quantitative estimate of drug-likeness (QED) is 0.517. The van der Waals surface area contributed by atoms with Gasteiger partial charge in [0, 0.05) is 5.56 Å². The third-order valence-electron chi connectivity index (χ3n) is 2.47. The van der Waals surface area contributed by atoms with E-state index in [9.17, 15) is 9.59 Å². The first-order valence-electron chi connectivity index (χ1n) is 5.05. The molecule has 1 aromatic carbocycles. The number of Topliss-reactive ketones (excluding diaryl/α,β-unsaturated/α-hetero) is 1. The highest BCUT2D eigenvalue weighted by Gasteiger charge is 2.21. The van der Waals surface area contributed by atoms with Gasteiger partial charge in [-0.2, -0.15) is 5.10 Å². The van der Waals surface area contributed by atoms with Crippen molar-refractivity contribution in [3.05, 3.63) is 41.5 Å². The second-order valence-corrected chi connectivity index (χ2v) is 3.68. The first kappa shape index (κ1) is 11.1. The zero-order valence-electron chi connectivity index (χ0n) is 9.23. The summed E-state index contributed by atoms with van der Waals surface area (Å²) < 4.78 is 0. The molecule has 0 fully saturated rings. The minimum atomic E-state index is -0.796. The highest BCUT2D eigenvalue weighted by atomic mass is 16.2. The molecule has 84 valence electrons. The van der Waals surface area contributed by atoms with Crippen LogP contribution in [0.25, 0.3) is 5.47 Å². The van der Waals surface area contributed by atoms with Crippen LogP contribution in [0.1, 0.15) is 15.9 Å². The number of fused-ring (bicyclic) bond motifs is 1. The minimum absolute atomic E-state index is 0.181. The second kappa shape index (κ2) is 4.25. The number of primary amides is 1. The van der Waals surface area contributed by atoms with Crippen LogP contribution in [-0.4, -0.2) is 25.4 Å². The fraction of sp³-hybridized carbons (Fsp3) is 0. The molecule has 0 atom stereocenters. The van der Waals surface area contributed by atoms with Gasteiger partial charge in [0.25, 0.3) is 0 Å². The lowest BCUT2D eigenvalue weighted by Crippen LogP contribution is -2.28. The van der Waals surface area contributed by atoms with E-state index in [0.29, 0.717) is 5.56 Å². The Labute approximate surface area is 98.8 Å². The smallest absolute Gasteiger partial charge is 0.332 e. The maximum atomic E-state index is 12.0. The maximum Gasteiger partial charge on any atom is 0.332 e. The van der Waals surface area contributed by atoms with Crippen LogP contribution in [0.2, 0.25) is 0 Å². The summed E-state index contributed by atoms with van der Waals surface area (Å²) >= 11 is 0. The van der Waals surface area contributed by atoms with E-state index in [-0.39, 0.29) is 11.5 Å². The molecule has 2 amide bonds. The minimum Gasteiger partial charge on any atom is -0.350 e. The van der Waals surface area contributed by atoms with E-state index in [0.717, 1.165) is 11.0 Å². The number of amides is 2. The van der Waals surface area contributed by atoms with Gasteiger partial charge < -0.3 is 5.73 Å². The van der Waals surface area contributed by atoms with Crippen molar-refractivity contribution in [2.75, 3.05) is 0 Å². The highest BCUT2D eigenvalue weighted by molar-refractivity contribution is 6.58. The summed E-state index contributed by atoms with van der Waals surface area (Å²) in [6.45, 7) is 0. The normalized spacial score (nSPS) is 16.4. The molecule has 0 saturated heterocycles. The van der Waals surface area contributed by atoms with Gasteiger partial charge in [-0.1, -0.05) is 29.7 Å². The van der Waals surface area contributed by atoms with Crippen molar-refractivity contribution >= 4 is 30.8 Å². The summed E-state index contributed by atoms with van der Waals surface area (Å²) in [4.78, 5) is 22.6. The largest absolute Gasteiger partial charge is 0.350 e. The molecule has 1 aliphatic rings. The number of carbonyl (C=O) groups is 2. The fourth-order valence-corrected chi connectivity index (χ4v) is 1.71.